The van der Waals surface area contributed by atoms with E-state index >= 15 is 0 Å². The summed E-state index contributed by atoms with van der Waals surface area (Å²) in [7, 11) is 0. The maximum absolute atomic E-state index is 4.36. The van der Waals surface area contributed by atoms with Crippen LogP contribution in [-0.4, -0.2) is 18.0 Å². The Kier molecular flexibility index (Phi) is 4.69. The second-order valence-electron chi connectivity index (χ2n) is 8.79. The van der Waals surface area contributed by atoms with Crippen LogP contribution in [0.4, 0.5) is 0 Å². The van der Waals surface area contributed by atoms with Crippen LogP contribution in [0.1, 0.15) is 74.5 Å². The number of nitrogens with zero attached hydrogens (tertiary/aromatic N) is 1. The van der Waals surface area contributed by atoms with Gasteiger partial charge < -0.3 is 5.32 Å². The molecule has 1 aromatic carbocycles. The number of allylic oxidation sites excluding steroid dienone is 3. The minimum atomic E-state index is 1.12. The first kappa shape index (κ1) is 17.3. The summed E-state index contributed by atoms with van der Waals surface area (Å²) in [5.41, 5.74) is 11.8. The van der Waals surface area contributed by atoms with Gasteiger partial charge in [-0.25, -0.2) is 0 Å². The number of rotatable bonds is 2. The van der Waals surface area contributed by atoms with Gasteiger partial charge in [-0.15, -0.1) is 0 Å². The second-order valence-corrected chi connectivity index (χ2v) is 8.79. The van der Waals surface area contributed by atoms with E-state index in [9.17, 15) is 0 Å². The van der Waals surface area contributed by atoms with Gasteiger partial charge >= 0.3 is 0 Å². The Morgan fingerprint density at radius 3 is 2.41 bits per heavy atom. The van der Waals surface area contributed by atoms with E-state index in [4.69, 9.17) is 0 Å². The van der Waals surface area contributed by atoms with Crippen LogP contribution in [0.2, 0.25) is 0 Å². The molecule has 2 heteroatoms. The van der Waals surface area contributed by atoms with E-state index in [-0.39, 0.29) is 0 Å². The van der Waals surface area contributed by atoms with Crippen LogP contribution in [0.5, 0.6) is 0 Å². The highest BCUT2D eigenvalue weighted by Crippen LogP contribution is 2.46. The number of fused-ring (bicyclic) bond motifs is 3. The normalized spacial score (nSPS) is 23.3. The Hall–Kier alpha value is -1.80. The molecule has 2 nitrogen and oxygen atoms in total. The van der Waals surface area contributed by atoms with Crippen molar-refractivity contribution in [1.82, 2.24) is 10.2 Å². The van der Waals surface area contributed by atoms with Crippen molar-refractivity contribution in [2.75, 3.05) is 13.1 Å². The molecule has 2 heterocycles. The predicted molar refractivity (Wildman–Crippen MR) is 113 cm³/mol. The lowest BCUT2D eigenvalue weighted by Crippen LogP contribution is -2.27. The molecular formula is C25H32N2. The van der Waals surface area contributed by atoms with Crippen molar-refractivity contribution in [3.8, 4) is 0 Å². The van der Waals surface area contributed by atoms with Gasteiger partial charge in [-0.1, -0.05) is 44.0 Å². The first-order valence-corrected chi connectivity index (χ1v) is 11.1. The number of nitrogens with one attached hydrogen (secondary N) is 1. The fraction of sp³-hybridized carbons (Fsp3) is 0.520. The third-order valence-corrected chi connectivity index (χ3v) is 7.01. The minimum Gasteiger partial charge on any atom is -0.355 e. The number of dihydropyridines is 1. The van der Waals surface area contributed by atoms with Gasteiger partial charge in [0.05, 0.1) is 0 Å². The molecule has 0 atom stereocenters. The molecule has 1 N–H and O–H groups in total. The number of hydrogen-bond donors (Lipinski definition) is 1. The summed E-state index contributed by atoms with van der Waals surface area (Å²) in [6.07, 6.45) is 13.2. The minimum absolute atomic E-state index is 1.12. The van der Waals surface area contributed by atoms with Crippen molar-refractivity contribution in [1.29, 1.82) is 0 Å². The number of likely N-dealkylation sites (tertiary alicyclic amines) is 1. The van der Waals surface area contributed by atoms with Gasteiger partial charge in [-0.2, -0.15) is 0 Å². The first-order valence-electron chi connectivity index (χ1n) is 11.1. The summed E-state index contributed by atoms with van der Waals surface area (Å²) in [6.45, 7) is 8.01. The highest BCUT2D eigenvalue weighted by Gasteiger charge is 2.32. The molecule has 5 rings (SSSR count). The Bertz CT molecular complexity index is 819. The zero-order valence-electron chi connectivity index (χ0n) is 16.6. The zero-order valence-corrected chi connectivity index (χ0v) is 16.6. The van der Waals surface area contributed by atoms with Crippen LogP contribution in [0.15, 0.2) is 47.2 Å². The summed E-state index contributed by atoms with van der Waals surface area (Å²) >= 11 is 0. The van der Waals surface area contributed by atoms with Crippen LogP contribution in [0.3, 0.4) is 0 Å². The number of benzene rings is 1. The van der Waals surface area contributed by atoms with Gasteiger partial charge in [-0.05, 0) is 79.5 Å². The molecule has 0 radical (unpaired) electrons. The molecule has 2 aliphatic heterocycles. The Morgan fingerprint density at radius 1 is 0.852 bits per heavy atom. The molecule has 1 saturated heterocycles. The molecule has 0 spiro atoms. The highest BCUT2D eigenvalue weighted by atomic mass is 15.1. The highest BCUT2D eigenvalue weighted by molar-refractivity contribution is 5.83. The van der Waals surface area contributed by atoms with Crippen LogP contribution in [0, 0.1) is 0 Å². The summed E-state index contributed by atoms with van der Waals surface area (Å²) in [6, 6.07) is 6.97. The van der Waals surface area contributed by atoms with Crippen LogP contribution < -0.4 is 5.32 Å². The average Bonchev–Trinajstić information content (AvgIpc) is 3.04. The fourth-order valence-corrected chi connectivity index (χ4v) is 5.56. The summed E-state index contributed by atoms with van der Waals surface area (Å²) in [5.74, 6) is 0. The lowest BCUT2D eigenvalue weighted by molar-refractivity contribution is 0.239. The van der Waals surface area contributed by atoms with E-state index in [2.05, 4.69) is 35.0 Å². The van der Waals surface area contributed by atoms with Gasteiger partial charge in [0.1, 0.15) is 0 Å². The molecule has 4 aliphatic rings. The number of hydrogen-bond acceptors (Lipinski definition) is 2. The third-order valence-electron chi connectivity index (χ3n) is 7.01. The van der Waals surface area contributed by atoms with E-state index in [1.54, 1.807) is 22.3 Å². The van der Waals surface area contributed by atoms with E-state index in [0.717, 1.165) is 18.7 Å². The molecule has 0 bridgehead atoms. The molecule has 0 amide bonds. The molecule has 0 saturated carbocycles. The topological polar surface area (TPSA) is 15.3 Å². The fourth-order valence-electron chi connectivity index (χ4n) is 5.56. The molecule has 142 valence electrons. The second kappa shape index (κ2) is 7.31. The lowest BCUT2D eigenvalue weighted by Gasteiger charge is -2.29. The van der Waals surface area contributed by atoms with Crippen molar-refractivity contribution in [3.05, 3.63) is 63.9 Å². The molecular weight excluding hydrogens is 328 g/mol. The summed E-state index contributed by atoms with van der Waals surface area (Å²) in [5, 5.41) is 3.70. The SMILES string of the molecule is C=C1NC2=C(Cc3c(CN4CCCCCCC4)cccc32)C2=C1CCCC2. The standard InChI is InChI=1S/C25H32N2/c1-18-20-11-5-6-12-21(20)24-16-23-19(10-9-13-22(23)25(24)26-18)17-27-14-7-3-2-4-8-15-27/h9-10,13,26H,1-8,11-12,14-17H2. The maximum atomic E-state index is 4.36. The van der Waals surface area contributed by atoms with Crippen LogP contribution >= 0.6 is 0 Å². The van der Waals surface area contributed by atoms with Gasteiger partial charge in [0, 0.05) is 29.9 Å². The zero-order chi connectivity index (χ0) is 18.2. The molecule has 0 unspecified atom stereocenters. The monoisotopic (exact) mass is 360 g/mol. The lowest BCUT2D eigenvalue weighted by atomic mass is 9.83. The van der Waals surface area contributed by atoms with Crippen molar-refractivity contribution in [3.63, 3.8) is 0 Å². The molecule has 0 aromatic heterocycles. The molecule has 2 aliphatic carbocycles. The van der Waals surface area contributed by atoms with Gasteiger partial charge in [0.2, 0.25) is 0 Å². The van der Waals surface area contributed by atoms with E-state index < -0.39 is 0 Å². The first-order chi connectivity index (χ1) is 13.3. The summed E-state index contributed by atoms with van der Waals surface area (Å²) in [4.78, 5) is 2.70. The summed E-state index contributed by atoms with van der Waals surface area (Å²) < 4.78 is 0. The van der Waals surface area contributed by atoms with Crippen LogP contribution in [0.25, 0.3) is 5.70 Å². The van der Waals surface area contributed by atoms with Gasteiger partial charge in [0.15, 0.2) is 0 Å². The van der Waals surface area contributed by atoms with E-state index in [1.165, 1.54) is 87.7 Å². The quantitative estimate of drug-likeness (QED) is 0.727. The Balaban J connectivity index is 1.44. The maximum Gasteiger partial charge on any atom is 0.0499 e. The Morgan fingerprint density at radius 2 is 1.59 bits per heavy atom. The Labute approximate surface area is 164 Å². The largest absolute Gasteiger partial charge is 0.355 e. The average molecular weight is 361 g/mol. The van der Waals surface area contributed by atoms with E-state index in [0.29, 0.717) is 0 Å². The van der Waals surface area contributed by atoms with Crippen molar-refractivity contribution < 1.29 is 0 Å². The van der Waals surface area contributed by atoms with Gasteiger partial charge in [0.25, 0.3) is 0 Å². The predicted octanol–water partition coefficient (Wildman–Crippen LogP) is 5.71. The van der Waals surface area contributed by atoms with Crippen molar-refractivity contribution in [2.45, 2.75) is 70.8 Å². The van der Waals surface area contributed by atoms with E-state index in [1.807, 2.05) is 0 Å². The van der Waals surface area contributed by atoms with Crippen LogP contribution in [-0.2, 0) is 13.0 Å². The third kappa shape index (κ3) is 3.18. The molecule has 1 aromatic rings. The van der Waals surface area contributed by atoms with Crippen molar-refractivity contribution >= 4 is 5.70 Å². The smallest absolute Gasteiger partial charge is 0.0499 e. The van der Waals surface area contributed by atoms with Gasteiger partial charge in [-0.3, -0.25) is 4.90 Å². The molecule has 27 heavy (non-hydrogen) atoms. The van der Waals surface area contributed by atoms with Crippen molar-refractivity contribution in [2.24, 2.45) is 0 Å². The molecule has 1 fully saturated rings.